The third-order valence-electron chi connectivity index (χ3n) is 3.62. The number of alkyl halides is 3. The Bertz CT molecular complexity index is 276. The van der Waals surface area contributed by atoms with Crippen LogP contribution in [0.5, 0.6) is 0 Å². The van der Waals surface area contributed by atoms with E-state index in [1.165, 1.54) is 0 Å². The van der Waals surface area contributed by atoms with Crippen molar-refractivity contribution in [3.63, 3.8) is 0 Å². The van der Waals surface area contributed by atoms with Crippen LogP contribution in [-0.2, 0) is 4.74 Å². The third kappa shape index (κ3) is 6.90. The molecule has 1 N–H and O–H groups in total. The first-order valence-electron chi connectivity index (χ1n) is 7.26. The minimum atomic E-state index is -4.08. The molecule has 1 aliphatic heterocycles. The van der Waals surface area contributed by atoms with Crippen LogP contribution < -0.4 is 5.32 Å². The molecule has 1 unspecified atom stereocenters. The van der Waals surface area contributed by atoms with Crippen LogP contribution in [0.4, 0.5) is 13.2 Å². The molecule has 0 aromatic carbocycles. The van der Waals surface area contributed by atoms with E-state index in [2.05, 4.69) is 19.2 Å². The fraction of sp³-hybridized carbons (Fsp3) is 1.00. The molecule has 1 fully saturated rings. The van der Waals surface area contributed by atoms with Gasteiger partial charge in [0.1, 0.15) is 0 Å². The molecule has 0 aromatic heterocycles. The standard InChI is InChI=1S/C14H27F3N2O/c1-12(2)8-18-9-13(5-7-20-11-13)10-19(3)6-4-14(15,16)17/h12,18H,4-11H2,1-3H3. The number of hydrogen-bond acceptors (Lipinski definition) is 3. The largest absolute Gasteiger partial charge is 0.390 e. The molecular weight excluding hydrogens is 269 g/mol. The zero-order chi connectivity index (χ0) is 15.2. The Morgan fingerprint density at radius 1 is 1.35 bits per heavy atom. The molecule has 0 saturated carbocycles. The van der Waals surface area contributed by atoms with Crippen LogP contribution in [0.25, 0.3) is 0 Å². The molecule has 0 radical (unpaired) electrons. The number of nitrogens with zero attached hydrogens (tertiary/aromatic N) is 1. The van der Waals surface area contributed by atoms with E-state index in [0.717, 1.165) is 19.5 Å². The lowest BCUT2D eigenvalue weighted by Crippen LogP contribution is -2.45. The molecule has 1 aliphatic rings. The number of hydrogen-bond donors (Lipinski definition) is 1. The number of rotatable bonds is 8. The summed E-state index contributed by atoms with van der Waals surface area (Å²) in [6.45, 7) is 8.05. The smallest absolute Gasteiger partial charge is 0.381 e. The van der Waals surface area contributed by atoms with Gasteiger partial charge >= 0.3 is 6.18 Å². The summed E-state index contributed by atoms with van der Waals surface area (Å²) < 4.78 is 42.2. The molecule has 6 heteroatoms. The second-order valence-electron chi connectivity index (χ2n) is 6.43. The summed E-state index contributed by atoms with van der Waals surface area (Å²) in [6, 6.07) is 0. The molecule has 1 saturated heterocycles. The van der Waals surface area contributed by atoms with Gasteiger partial charge in [-0.3, -0.25) is 0 Å². The van der Waals surface area contributed by atoms with Crippen molar-refractivity contribution in [2.75, 3.05) is 46.4 Å². The lowest BCUT2D eigenvalue weighted by Gasteiger charge is -2.33. The van der Waals surface area contributed by atoms with Crippen LogP contribution in [0.15, 0.2) is 0 Å². The van der Waals surface area contributed by atoms with Crippen molar-refractivity contribution in [1.29, 1.82) is 0 Å². The Hall–Kier alpha value is -0.330. The monoisotopic (exact) mass is 296 g/mol. The number of halogens is 3. The van der Waals surface area contributed by atoms with Crippen molar-refractivity contribution < 1.29 is 17.9 Å². The summed E-state index contributed by atoms with van der Waals surface area (Å²) in [5, 5.41) is 3.42. The van der Waals surface area contributed by atoms with E-state index < -0.39 is 12.6 Å². The van der Waals surface area contributed by atoms with Crippen molar-refractivity contribution in [2.45, 2.75) is 32.9 Å². The molecule has 3 nitrogen and oxygen atoms in total. The Morgan fingerprint density at radius 2 is 2.05 bits per heavy atom. The van der Waals surface area contributed by atoms with Crippen molar-refractivity contribution in [2.24, 2.45) is 11.3 Å². The zero-order valence-electron chi connectivity index (χ0n) is 12.7. The molecule has 0 amide bonds. The molecule has 20 heavy (non-hydrogen) atoms. The Kier molecular flexibility index (Phi) is 6.75. The van der Waals surface area contributed by atoms with Crippen LogP contribution in [-0.4, -0.2) is 57.5 Å². The van der Waals surface area contributed by atoms with Gasteiger partial charge in [0.05, 0.1) is 13.0 Å². The van der Waals surface area contributed by atoms with E-state index in [4.69, 9.17) is 4.74 Å². The topological polar surface area (TPSA) is 24.5 Å². The summed E-state index contributed by atoms with van der Waals surface area (Å²) in [4.78, 5) is 1.78. The van der Waals surface area contributed by atoms with E-state index in [1.54, 1.807) is 11.9 Å². The molecule has 1 heterocycles. The molecular formula is C14H27F3N2O. The van der Waals surface area contributed by atoms with E-state index in [-0.39, 0.29) is 12.0 Å². The SMILES string of the molecule is CC(C)CNCC1(CN(C)CCC(F)(F)F)CCOC1. The van der Waals surface area contributed by atoms with Crippen molar-refractivity contribution in [3.05, 3.63) is 0 Å². The van der Waals surface area contributed by atoms with E-state index in [9.17, 15) is 13.2 Å². The lowest BCUT2D eigenvalue weighted by atomic mass is 9.86. The van der Waals surface area contributed by atoms with Gasteiger partial charge in [-0.1, -0.05) is 13.8 Å². The fourth-order valence-corrected chi connectivity index (χ4v) is 2.56. The molecule has 0 bridgehead atoms. The van der Waals surface area contributed by atoms with Crippen LogP contribution in [0, 0.1) is 11.3 Å². The molecule has 0 aromatic rings. The summed E-state index contributed by atoms with van der Waals surface area (Å²) in [6.07, 6.45) is -3.92. The number of ether oxygens (including phenoxy) is 1. The van der Waals surface area contributed by atoms with Gasteiger partial charge in [0.25, 0.3) is 0 Å². The average Bonchev–Trinajstić information content (AvgIpc) is 2.74. The van der Waals surface area contributed by atoms with Crippen LogP contribution in [0.3, 0.4) is 0 Å². The van der Waals surface area contributed by atoms with Gasteiger partial charge in [0.2, 0.25) is 0 Å². The number of nitrogens with one attached hydrogen (secondary N) is 1. The summed E-state index contributed by atoms with van der Waals surface area (Å²) >= 11 is 0. The maximum Gasteiger partial charge on any atom is 0.390 e. The quantitative estimate of drug-likeness (QED) is 0.745. The Labute approximate surface area is 119 Å². The predicted octanol–water partition coefficient (Wildman–Crippen LogP) is 2.52. The van der Waals surface area contributed by atoms with Gasteiger partial charge in [-0.25, -0.2) is 0 Å². The van der Waals surface area contributed by atoms with Crippen molar-refractivity contribution in [1.82, 2.24) is 10.2 Å². The summed E-state index contributed by atoms with van der Waals surface area (Å²) in [7, 11) is 1.76. The summed E-state index contributed by atoms with van der Waals surface area (Å²) in [5.41, 5.74) is -0.0464. The van der Waals surface area contributed by atoms with Gasteiger partial charge in [0, 0.05) is 31.7 Å². The molecule has 120 valence electrons. The molecule has 1 rings (SSSR count). The lowest BCUT2D eigenvalue weighted by molar-refractivity contribution is -0.138. The van der Waals surface area contributed by atoms with Crippen molar-refractivity contribution >= 4 is 0 Å². The van der Waals surface area contributed by atoms with Crippen LogP contribution in [0.1, 0.15) is 26.7 Å². The molecule has 0 spiro atoms. The highest BCUT2D eigenvalue weighted by molar-refractivity contribution is 4.88. The highest BCUT2D eigenvalue weighted by Gasteiger charge is 2.36. The van der Waals surface area contributed by atoms with Gasteiger partial charge in [-0.2, -0.15) is 13.2 Å². The minimum absolute atomic E-state index is 0.0464. The molecule has 0 aliphatic carbocycles. The highest BCUT2D eigenvalue weighted by Crippen LogP contribution is 2.29. The summed E-state index contributed by atoms with van der Waals surface area (Å²) in [5.74, 6) is 0.567. The zero-order valence-corrected chi connectivity index (χ0v) is 12.7. The fourth-order valence-electron chi connectivity index (χ4n) is 2.56. The Balaban J connectivity index is 2.41. The van der Waals surface area contributed by atoms with Crippen molar-refractivity contribution in [3.8, 4) is 0 Å². The first kappa shape index (κ1) is 17.7. The van der Waals surface area contributed by atoms with Gasteiger partial charge in [0.15, 0.2) is 0 Å². The van der Waals surface area contributed by atoms with Gasteiger partial charge in [-0.05, 0) is 25.9 Å². The second-order valence-corrected chi connectivity index (χ2v) is 6.43. The third-order valence-corrected chi connectivity index (χ3v) is 3.62. The average molecular weight is 296 g/mol. The van der Waals surface area contributed by atoms with Crippen LogP contribution >= 0.6 is 0 Å². The normalized spacial score (nSPS) is 24.0. The van der Waals surface area contributed by atoms with E-state index in [0.29, 0.717) is 25.7 Å². The van der Waals surface area contributed by atoms with E-state index in [1.807, 2.05) is 0 Å². The maximum absolute atomic E-state index is 12.3. The minimum Gasteiger partial charge on any atom is -0.381 e. The Morgan fingerprint density at radius 3 is 2.55 bits per heavy atom. The second kappa shape index (κ2) is 7.61. The van der Waals surface area contributed by atoms with Gasteiger partial charge < -0.3 is 15.0 Å². The highest BCUT2D eigenvalue weighted by atomic mass is 19.4. The van der Waals surface area contributed by atoms with E-state index >= 15 is 0 Å². The predicted molar refractivity (Wildman–Crippen MR) is 73.7 cm³/mol. The first-order valence-corrected chi connectivity index (χ1v) is 7.26. The van der Waals surface area contributed by atoms with Gasteiger partial charge in [-0.15, -0.1) is 0 Å². The molecule has 1 atom stereocenters. The maximum atomic E-state index is 12.3. The van der Waals surface area contributed by atoms with Crippen LogP contribution in [0.2, 0.25) is 0 Å². The first-order chi connectivity index (χ1) is 9.22.